The van der Waals surface area contributed by atoms with Crippen LogP contribution in [0.4, 0.5) is 0 Å². The Kier molecular flexibility index (Phi) is 4.34. The van der Waals surface area contributed by atoms with E-state index in [0.717, 1.165) is 18.2 Å². The number of carbonyl (C=O) groups is 2. The maximum absolute atomic E-state index is 12.0. The maximum Gasteiger partial charge on any atom is 0.347 e. The largest absolute Gasteiger partial charge is 0.507 e. The van der Waals surface area contributed by atoms with Gasteiger partial charge in [0.2, 0.25) is 0 Å². The minimum absolute atomic E-state index is 0.276. The van der Waals surface area contributed by atoms with E-state index in [2.05, 4.69) is 0 Å². The minimum atomic E-state index is -4.58. The Bertz CT molecular complexity index is 885. The average Bonchev–Trinajstić information content (AvgIpc) is 2.46. The van der Waals surface area contributed by atoms with E-state index in [4.69, 9.17) is 14.4 Å². The molecule has 2 aromatic carbocycles. The van der Waals surface area contributed by atoms with Crippen molar-refractivity contribution in [2.24, 2.45) is 0 Å². The first-order chi connectivity index (χ1) is 10.7. The molecule has 0 amide bonds. The Morgan fingerprint density at radius 2 is 1.65 bits per heavy atom. The zero-order chi connectivity index (χ0) is 17.2. The molecule has 8 nitrogen and oxygen atoms in total. The molecule has 120 valence electrons. The van der Waals surface area contributed by atoms with Crippen LogP contribution in [0.1, 0.15) is 20.7 Å². The molecule has 0 spiro atoms. The van der Waals surface area contributed by atoms with Gasteiger partial charge in [0.15, 0.2) is 0 Å². The number of phenolic OH excluding ortho intramolecular Hbond substituents is 1. The molecular weight excluding hydrogens is 328 g/mol. The van der Waals surface area contributed by atoms with Crippen LogP contribution in [0.25, 0.3) is 0 Å². The fourth-order valence-electron chi connectivity index (χ4n) is 1.73. The second-order valence-corrected chi connectivity index (χ2v) is 5.77. The van der Waals surface area contributed by atoms with E-state index in [1.54, 1.807) is 0 Å². The number of rotatable bonds is 4. The SMILES string of the molecule is O=C(Oc1ccccc1C(=O)O)c1cc(S(=O)(=O)O)ccc1O. The fraction of sp³-hybridized carbons (Fsp3) is 0. The molecule has 0 aliphatic heterocycles. The zero-order valence-electron chi connectivity index (χ0n) is 11.3. The lowest BCUT2D eigenvalue weighted by molar-refractivity contribution is 0.0681. The molecule has 0 fully saturated rings. The average molecular weight is 338 g/mol. The van der Waals surface area contributed by atoms with E-state index >= 15 is 0 Å². The van der Waals surface area contributed by atoms with Gasteiger partial charge in [-0.1, -0.05) is 12.1 Å². The number of ether oxygens (including phenoxy) is 1. The lowest BCUT2D eigenvalue weighted by Gasteiger charge is -2.09. The molecule has 0 atom stereocenters. The standard InChI is InChI=1S/C14H10O8S/c15-11-6-5-8(23(19,20)21)7-10(11)14(18)22-12-4-2-1-3-9(12)13(16)17/h1-7,15H,(H,16,17)(H,19,20,21). The molecule has 23 heavy (non-hydrogen) atoms. The second-order valence-electron chi connectivity index (χ2n) is 4.34. The second kappa shape index (κ2) is 6.07. The third kappa shape index (κ3) is 3.65. The van der Waals surface area contributed by atoms with Gasteiger partial charge in [-0.05, 0) is 30.3 Å². The van der Waals surface area contributed by atoms with Gasteiger partial charge in [0.05, 0.1) is 4.90 Å². The van der Waals surface area contributed by atoms with Gasteiger partial charge in [0.25, 0.3) is 10.1 Å². The van der Waals surface area contributed by atoms with Gasteiger partial charge in [-0.2, -0.15) is 8.42 Å². The number of hydrogen-bond acceptors (Lipinski definition) is 6. The van der Waals surface area contributed by atoms with Gasteiger partial charge in [-0.25, -0.2) is 9.59 Å². The number of carbonyl (C=O) groups excluding carboxylic acids is 1. The number of carboxylic acid groups (broad SMARTS) is 1. The molecule has 0 unspecified atom stereocenters. The van der Waals surface area contributed by atoms with Crippen molar-refractivity contribution in [1.29, 1.82) is 0 Å². The highest BCUT2D eigenvalue weighted by molar-refractivity contribution is 7.85. The number of benzene rings is 2. The molecule has 2 aromatic rings. The predicted molar refractivity (Wildman–Crippen MR) is 76.3 cm³/mol. The number of esters is 1. The van der Waals surface area contributed by atoms with Crippen molar-refractivity contribution >= 4 is 22.1 Å². The maximum atomic E-state index is 12.0. The summed E-state index contributed by atoms with van der Waals surface area (Å²) in [6, 6.07) is 7.80. The van der Waals surface area contributed by atoms with Crippen molar-refractivity contribution in [2.45, 2.75) is 4.90 Å². The van der Waals surface area contributed by atoms with Crippen LogP contribution in [-0.2, 0) is 10.1 Å². The number of phenols is 1. The van der Waals surface area contributed by atoms with Crippen LogP contribution in [0.5, 0.6) is 11.5 Å². The van der Waals surface area contributed by atoms with Crippen LogP contribution in [0.2, 0.25) is 0 Å². The molecule has 0 aliphatic rings. The van der Waals surface area contributed by atoms with E-state index in [-0.39, 0.29) is 11.3 Å². The molecule has 3 N–H and O–H groups in total. The lowest BCUT2D eigenvalue weighted by Crippen LogP contribution is -2.12. The monoisotopic (exact) mass is 338 g/mol. The molecule has 0 aliphatic carbocycles. The van der Waals surface area contributed by atoms with Crippen molar-refractivity contribution < 1.29 is 37.5 Å². The van der Waals surface area contributed by atoms with Crippen LogP contribution in [0.3, 0.4) is 0 Å². The number of carboxylic acids is 1. The van der Waals surface area contributed by atoms with Gasteiger partial charge in [0.1, 0.15) is 22.6 Å². The Morgan fingerprint density at radius 3 is 2.26 bits per heavy atom. The molecule has 9 heteroatoms. The highest BCUT2D eigenvalue weighted by Gasteiger charge is 2.21. The first kappa shape index (κ1) is 16.5. The molecule has 0 aromatic heterocycles. The number of aromatic carboxylic acids is 1. The summed E-state index contributed by atoms with van der Waals surface area (Å²) in [7, 11) is -4.58. The van der Waals surface area contributed by atoms with Crippen LogP contribution in [0.15, 0.2) is 47.4 Å². The molecule has 0 heterocycles. The van der Waals surface area contributed by atoms with E-state index < -0.39 is 38.3 Å². The number of para-hydroxylation sites is 1. The Morgan fingerprint density at radius 1 is 1.00 bits per heavy atom. The van der Waals surface area contributed by atoms with E-state index in [0.29, 0.717) is 0 Å². The van der Waals surface area contributed by atoms with Gasteiger partial charge in [-0.3, -0.25) is 4.55 Å². The van der Waals surface area contributed by atoms with Crippen LogP contribution < -0.4 is 4.74 Å². The van der Waals surface area contributed by atoms with Gasteiger partial charge in [-0.15, -0.1) is 0 Å². The molecule has 0 saturated heterocycles. The lowest BCUT2D eigenvalue weighted by atomic mass is 10.2. The summed E-state index contributed by atoms with van der Waals surface area (Å²) >= 11 is 0. The molecule has 0 radical (unpaired) electrons. The van der Waals surface area contributed by atoms with Crippen molar-refractivity contribution in [1.82, 2.24) is 0 Å². The summed E-state index contributed by atoms with van der Waals surface area (Å²) < 4.78 is 36.0. The van der Waals surface area contributed by atoms with Gasteiger partial charge >= 0.3 is 11.9 Å². The molecule has 2 rings (SSSR count). The summed E-state index contributed by atoms with van der Waals surface area (Å²) in [5, 5.41) is 18.6. The molecule has 0 saturated carbocycles. The summed E-state index contributed by atoms with van der Waals surface area (Å²) in [6.07, 6.45) is 0. The predicted octanol–water partition coefficient (Wildman–Crippen LogP) is 1.56. The fourth-order valence-corrected chi connectivity index (χ4v) is 2.23. The van der Waals surface area contributed by atoms with Crippen LogP contribution >= 0.6 is 0 Å². The topological polar surface area (TPSA) is 138 Å². The Balaban J connectivity index is 2.41. The van der Waals surface area contributed by atoms with E-state index in [1.165, 1.54) is 24.3 Å². The van der Waals surface area contributed by atoms with E-state index in [9.17, 15) is 23.1 Å². The van der Waals surface area contributed by atoms with Crippen molar-refractivity contribution in [3.63, 3.8) is 0 Å². The van der Waals surface area contributed by atoms with Crippen LogP contribution in [0, 0.1) is 0 Å². The third-order valence-electron chi connectivity index (χ3n) is 2.81. The Hall–Kier alpha value is -2.91. The van der Waals surface area contributed by atoms with Crippen molar-refractivity contribution in [3.05, 3.63) is 53.6 Å². The number of aromatic hydroxyl groups is 1. The summed E-state index contributed by atoms with van der Waals surface area (Å²) in [5.74, 6) is -3.37. The first-order valence-corrected chi connectivity index (χ1v) is 7.49. The quantitative estimate of drug-likeness (QED) is 0.434. The van der Waals surface area contributed by atoms with E-state index in [1.807, 2.05) is 0 Å². The minimum Gasteiger partial charge on any atom is -0.507 e. The van der Waals surface area contributed by atoms with Crippen molar-refractivity contribution in [2.75, 3.05) is 0 Å². The smallest absolute Gasteiger partial charge is 0.347 e. The molecular formula is C14H10O8S. The summed E-state index contributed by atoms with van der Waals surface area (Å²) in [5.41, 5.74) is -0.827. The van der Waals surface area contributed by atoms with Gasteiger partial charge < -0.3 is 14.9 Å². The molecule has 0 bridgehead atoms. The summed E-state index contributed by atoms with van der Waals surface area (Å²) in [6.45, 7) is 0. The normalized spacial score (nSPS) is 11.0. The first-order valence-electron chi connectivity index (χ1n) is 6.05. The number of hydrogen-bond donors (Lipinski definition) is 3. The summed E-state index contributed by atoms with van der Waals surface area (Å²) in [4.78, 5) is 22.5. The zero-order valence-corrected chi connectivity index (χ0v) is 12.1. The Labute approximate surface area is 130 Å². The highest BCUT2D eigenvalue weighted by atomic mass is 32.2. The van der Waals surface area contributed by atoms with Crippen molar-refractivity contribution in [3.8, 4) is 11.5 Å². The van der Waals surface area contributed by atoms with Crippen LogP contribution in [-0.4, -0.2) is 35.1 Å². The highest BCUT2D eigenvalue weighted by Crippen LogP contribution is 2.25. The third-order valence-corrected chi connectivity index (χ3v) is 3.66. The van der Waals surface area contributed by atoms with Gasteiger partial charge in [0, 0.05) is 0 Å².